The summed E-state index contributed by atoms with van der Waals surface area (Å²) in [5.41, 5.74) is 3.22. The second-order valence-electron chi connectivity index (χ2n) is 6.77. The van der Waals surface area contributed by atoms with Crippen LogP contribution >= 0.6 is 23.4 Å². The predicted molar refractivity (Wildman–Crippen MR) is 117 cm³/mol. The van der Waals surface area contributed by atoms with Crippen LogP contribution in [0.15, 0.2) is 62.9 Å². The van der Waals surface area contributed by atoms with Crippen molar-refractivity contribution in [3.63, 3.8) is 0 Å². The van der Waals surface area contributed by atoms with Crippen molar-refractivity contribution in [1.29, 1.82) is 0 Å². The Bertz CT molecular complexity index is 1220. The van der Waals surface area contributed by atoms with Crippen LogP contribution in [0.5, 0.6) is 0 Å². The monoisotopic (exact) mass is 425 g/mol. The number of nitrogens with zero attached hydrogens (tertiary/aromatic N) is 3. The Morgan fingerprint density at radius 2 is 1.90 bits per heavy atom. The maximum absolute atomic E-state index is 12.1. The van der Waals surface area contributed by atoms with Gasteiger partial charge >= 0.3 is 5.63 Å². The molecule has 29 heavy (non-hydrogen) atoms. The number of aromatic nitrogens is 3. The fraction of sp³-hybridized carbons (Fsp3) is 0.227. The smallest absolute Gasteiger partial charge is 0.336 e. The minimum atomic E-state index is -0.362. The standard InChI is InChI=1S/C22H20ClN3O2S/c1-3-16-9-20-18(11-19(16)23)17(10-21(27)28-20)13-29-22-25-24-14(2)26(22)12-15-7-5-4-6-8-15/h4-11H,3,12-13H2,1-2H3. The summed E-state index contributed by atoms with van der Waals surface area (Å²) >= 11 is 7.94. The quantitative estimate of drug-likeness (QED) is 0.312. The van der Waals surface area contributed by atoms with Gasteiger partial charge in [-0.05, 0) is 42.2 Å². The fourth-order valence-corrected chi connectivity index (χ4v) is 4.51. The van der Waals surface area contributed by atoms with Gasteiger partial charge in [-0.3, -0.25) is 0 Å². The van der Waals surface area contributed by atoms with E-state index in [1.165, 1.54) is 11.6 Å². The molecule has 0 amide bonds. The third-order valence-electron chi connectivity index (χ3n) is 4.82. The molecule has 0 fully saturated rings. The lowest BCUT2D eigenvalue weighted by molar-refractivity contribution is 0.559. The van der Waals surface area contributed by atoms with Crippen LogP contribution in [-0.2, 0) is 18.7 Å². The van der Waals surface area contributed by atoms with Crippen molar-refractivity contribution < 1.29 is 4.42 Å². The number of hydrogen-bond donors (Lipinski definition) is 0. The number of fused-ring (bicyclic) bond motifs is 1. The molecule has 0 saturated heterocycles. The van der Waals surface area contributed by atoms with Gasteiger partial charge in [-0.25, -0.2) is 4.79 Å². The molecule has 4 aromatic rings. The summed E-state index contributed by atoms with van der Waals surface area (Å²) in [7, 11) is 0. The van der Waals surface area contributed by atoms with Crippen LogP contribution < -0.4 is 5.63 Å². The molecule has 0 aliphatic heterocycles. The zero-order valence-corrected chi connectivity index (χ0v) is 17.8. The van der Waals surface area contributed by atoms with Gasteiger partial charge in [0, 0.05) is 22.2 Å². The van der Waals surface area contributed by atoms with Crippen LogP contribution in [0.3, 0.4) is 0 Å². The van der Waals surface area contributed by atoms with Gasteiger partial charge in [-0.15, -0.1) is 10.2 Å². The average Bonchev–Trinajstić information content (AvgIpc) is 3.06. The molecule has 0 radical (unpaired) electrons. The lowest BCUT2D eigenvalue weighted by Crippen LogP contribution is -2.04. The highest BCUT2D eigenvalue weighted by Crippen LogP contribution is 2.30. The Hall–Kier alpha value is -2.57. The first-order valence-corrected chi connectivity index (χ1v) is 10.7. The molecule has 2 heterocycles. The number of thioether (sulfide) groups is 1. The molecule has 0 atom stereocenters. The summed E-state index contributed by atoms with van der Waals surface area (Å²) < 4.78 is 7.48. The summed E-state index contributed by atoms with van der Waals surface area (Å²) in [6.45, 7) is 4.66. The highest BCUT2D eigenvalue weighted by molar-refractivity contribution is 7.98. The zero-order chi connectivity index (χ0) is 20.4. The number of benzene rings is 2. The van der Waals surface area contributed by atoms with Crippen molar-refractivity contribution in [2.45, 2.75) is 37.7 Å². The number of halogens is 1. The summed E-state index contributed by atoms with van der Waals surface area (Å²) in [6, 6.07) is 15.5. The Balaban J connectivity index is 1.64. The van der Waals surface area contributed by atoms with Crippen LogP contribution in [0.1, 0.15) is 29.4 Å². The van der Waals surface area contributed by atoms with Crippen molar-refractivity contribution in [2.24, 2.45) is 0 Å². The second-order valence-corrected chi connectivity index (χ2v) is 8.12. The molecule has 2 aromatic heterocycles. The molecule has 2 aromatic carbocycles. The van der Waals surface area contributed by atoms with Crippen molar-refractivity contribution >= 4 is 34.3 Å². The maximum Gasteiger partial charge on any atom is 0.336 e. The van der Waals surface area contributed by atoms with Gasteiger partial charge in [-0.2, -0.15) is 0 Å². The Kier molecular flexibility index (Phi) is 5.74. The van der Waals surface area contributed by atoms with E-state index < -0.39 is 0 Å². The third-order valence-corrected chi connectivity index (χ3v) is 6.19. The molecule has 0 spiro atoms. The highest BCUT2D eigenvalue weighted by atomic mass is 35.5. The first-order valence-electron chi connectivity index (χ1n) is 9.37. The van der Waals surface area contributed by atoms with Crippen LogP contribution in [0.4, 0.5) is 0 Å². The van der Waals surface area contributed by atoms with Gasteiger partial charge in [0.1, 0.15) is 11.4 Å². The minimum Gasteiger partial charge on any atom is -0.423 e. The molecule has 0 saturated carbocycles. The summed E-state index contributed by atoms with van der Waals surface area (Å²) in [5, 5.41) is 10.9. The van der Waals surface area contributed by atoms with E-state index >= 15 is 0 Å². The van der Waals surface area contributed by atoms with Crippen molar-refractivity contribution in [2.75, 3.05) is 0 Å². The van der Waals surface area contributed by atoms with Crippen molar-refractivity contribution in [3.05, 3.63) is 86.5 Å². The van der Waals surface area contributed by atoms with E-state index in [2.05, 4.69) is 26.9 Å². The summed E-state index contributed by atoms with van der Waals surface area (Å²) in [4.78, 5) is 12.1. The molecular formula is C22H20ClN3O2S. The van der Waals surface area contributed by atoms with E-state index in [0.717, 1.165) is 33.9 Å². The third kappa shape index (κ3) is 4.23. The van der Waals surface area contributed by atoms with E-state index in [-0.39, 0.29) is 5.63 Å². The molecule has 0 bridgehead atoms. The Morgan fingerprint density at radius 1 is 1.10 bits per heavy atom. The Labute approximate surface area is 177 Å². The van der Waals surface area contributed by atoms with E-state index in [4.69, 9.17) is 16.0 Å². The van der Waals surface area contributed by atoms with Gasteiger partial charge in [0.25, 0.3) is 0 Å². The lowest BCUT2D eigenvalue weighted by atomic mass is 10.1. The fourth-order valence-electron chi connectivity index (χ4n) is 3.24. The van der Waals surface area contributed by atoms with E-state index in [1.54, 1.807) is 11.8 Å². The first-order chi connectivity index (χ1) is 14.0. The van der Waals surface area contributed by atoms with Crippen molar-refractivity contribution in [3.8, 4) is 0 Å². The Morgan fingerprint density at radius 3 is 2.66 bits per heavy atom. The van der Waals surface area contributed by atoms with Crippen LogP contribution in [-0.4, -0.2) is 14.8 Å². The molecule has 5 nitrogen and oxygen atoms in total. The molecule has 0 aliphatic carbocycles. The summed E-state index contributed by atoms with van der Waals surface area (Å²) in [6.07, 6.45) is 0.777. The molecular weight excluding hydrogens is 406 g/mol. The maximum atomic E-state index is 12.1. The molecule has 0 N–H and O–H groups in total. The first kappa shape index (κ1) is 19.7. The van der Waals surface area contributed by atoms with Crippen LogP contribution in [0, 0.1) is 6.92 Å². The number of rotatable bonds is 6. The number of hydrogen-bond acceptors (Lipinski definition) is 5. The second kappa shape index (κ2) is 8.43. The van der Waals surface area contributed by atoms with Crippen molar-refractivity contribution in [1.82, 2.24) is 14.8 Å². The highest BCUT2D eigenvalue weighted by Gasteiger charge is 2.14. The molecule has 0 aliphatic rings. The van der Waals surface area contributed by atoms with E-state index in [9.17, 15) is 4.79 Å². The lowest BCUT2D eigenvalue weighted by Gasteiger charge is -2.10. The van der Waals surface area contributed by atoms with E-state index in [0.29, 0.717) is 22.9 Å². The van der Waals surface area contributed by atoms with Gasteiger partial charge in [-0.1, -0.05) is 60.6 Å². The van der Waals surface area contributed by atoms with Crippen LogP contribution in [0.25, 0.3) is 11.0 Å². The average molecular weight is 426 g/mol. The van der Waals surface area contributed by atoms with Gasteiger partial charge in [0.2, 0.25) is 0 Å². The van der Waals surface area contributed by atoms with Crippen LogP contribution in [0.2, 0.25) is 5.02 Å². The molecule has 148 valence electrons. The molecule has 7 heteroatoms. The topological polar surface area (TPSA) is 60.9 Å². The van der Waals surface area contributed by atoms with E-state index in [1.807, 2.05) is 44.2 Å². The van der Waals surface area contributed by atoms with Gasteiger partial charge in [0.05, 0.1) is 6.54 Å². The van der Waals surface area contributed by atoms with Gasteiger partial charge < -0.3 is 8.98 Å². The molecule has 4 rings (SSSR count). The zero-order valence-electron chi connectivity index (χ0n) is 16.2. The summed E-state index contributed by atoms with van der Waals surface area (Å²) in [5.74, 6) is 1.42. The SMILES string of the molecule is CCc1cc2oc(=O)cc(CSc3nnc(C)n3Cc3ccccc3)c2cc1Cl. The van der Waals surface area contributed by atoms with Gasteiger partial charge in [0.15, 0.2) is 5.16 Å². The number of aryl methyl sites for hydroxylation is 2. The molecule has 0 unspecified atom stereocenters. The largest absolute Gasteiger partial charge is 0.423 e. The predicted octanol–water partition coefficient (Wildman–Crippen LogP) is 5.25. The minimum absolute atomic E-state index is 0.362. The normalized spacial score (nSPS) is 11.3.